The summed E-state index contributed by atoms with van der Waals surface area (Å²) in [6, 6.07) is 8.71. The Balaban J connectivity index is 2.16. The van der Waals surface area contributed by atoms with Crippen LogP contribution in [0, 0.1) is 5.92 Å². The number of Topliss-reactive ketones (excluding diaryl/α,β-unsaturated/α-hetero) is 1. The molecule has 1 fully saturated rings. The highest BCUT2D eigenvalue weighted by molar-refractivity contribution is 6.23. The second kappa shape index (κ2) is 6.17. The largest absolute Gasteiger partial charge is 0.480 e. The van der Waals surface area contributed by atoms with E-state index in [0.29, 0.717) is 5.69 Å². The van der Waals surface area contributed by atoms with Crippen LogP contribution in [0.3, 0.4) is 0 Å². The normalized spacial score (nSPS) is 18.5. The zero-order valence-corrected chi connectivity index (χ0v) is 11.1. The van der Waals surface area contributed by atoms with Crippen molar-refractivity contribution >= 4 is 29.3 Å². The Morgan fingerprint density at radius 3 is 2.52 bits per heavy atom. The third-order valence-electron chi connectivity index (χ3n) is 3.16. The number of anilines is 1. The van der Waals surface area contributed by atoms with Gasteiger partial charge in [0.05, 0.1) is 0 Å². The molecule has 2 N–H and O–H groups in total. The fourth-order valence-corrected chi connectivity index (χ4v) is 2.16. The molecule has 1 aromatic rings. The number of ketones is 1. The Morgan fingerprint density at radius 2 is 1.90 bits per heavy atom. The number of hydrogen-bond donors (Lipinski definition) is 2. The van der Waals surface area contributed by atoms with Gasteiger partial charge in [-0.2, -0.15) is 0 Å². The smallest absolute Gasteiger partial charge is 0.322 e. The zero-order valence-electron chi connectivity index (χ0n) is 11.1. The Hall–Kier alpha value is -2.70. The summed E-state index contributed by atoms with van der Waals surface area (Å²) in [6.45, 7) is -0.411. The Morgan fingerprint density at radius 1 is 1.24 bits per heavy atom. The van der Waals surface area contributed by atoms with Crippen LogP contribution in [-0.2, 0) is 19.2 Å². The van der Waals surface area contributed by atoms with Gasteiger partial charge in [0.1, 0.15) is 6.54 Å². The minimum absolute atomic E-state index is 0.0613. The Kier molecular flexibility index (Phi) is 4.32. The number of rotatable bonds is 4. The van der Waals surface area contributed by atoms with E-state index in [1.165, 1.54) is 4.90 Å². The van der Waals surface area contributed by atoms with Gasteiger partial charge < -0.3 is 15.3 Å². The molecule has 1 aromatic carbocycles. The molecule has 0 saturated carbocycles. The lowest BCUT2D eigenvalue weighted by molar-refractivity contribution is -0.145. The molecule has 7 nitrogen and oxygen atoms in total. The number of nitrogens with zero attached hydrogens (tertiary/aromatic N) is 1. The van der Waals surface area contributed by atoms with Crippen molar-refractivity contribution in [3.63, 3.8) is 0 Å². The van der Waals surface area contributed by atoms with Crippen LogP contribution in [-0.4, -0.2) is 41.8 Å². The van der Waals surface area contributed by atoms with E-state index in [4.69, 9.17) is 5.11 Å². The van der Waals surface area contributed by atoms with Crippen LogP contribution in [0.2, 0.25) is 0 Å². The second-order valence-corrected chi connectivity index (χ2v) is 4.59. The molecule has 0 bridgehead atoms. The molecule has 1 heterocycles. The number of benzene rings is 1. The molecule has 1 saturated heterocycles. The number of carbonyl (C=O) groups excluding carboxylic acids is 3. The molecule has 1 aliphatic heterocycles. The highest BCUT2D eigenvalue weighted by Gasteiger charge is 2.41. The first-order chi connectivity index (χ1) is 10.0. The summed E-state index contributed by atoms with van der Waals surface area (Å²) >= 11 is 0. The maximum Gasteiger partial charge on any atom is 0.322 e. The summed E-state index contributed by atoms with van der Waals surface area (Å²) in [4.78, 5) is 47.8. The van der Waals surface area contributed by atoms with E-state index in [-0.39, 0.29) is 13.0 Å². The number of para-hydroxylation sites is 1. The number of piperidine rings is 1. The van der Waals surface area contributed by atoms with Crippen molar-refractivity contribution in [2.75, 3.05) is 18.0 Å². The molecule has 2 rings (SSSR count). The van der Waals surface area contributed by atoms with Gasteiger partial charge in [0.25, 0.3) is 0 Å². The van der Waals surface area contributed by atoms with Gasteiger partial charge >= 0.3 is 5.97 Å². The van der Waals surface area contributed by atoms with Crippen LogP contribution in [0.1, 0.15) is 6.42 Å². The topological polar surface area (TPSA) is 104 Å². The summed E-state index contributed by atoms with van der Waals surface area (Å²) in [5, 5.41) is 10.6. The van der Waals surface area contributed by atoms with Gasteiger partial charge in [-0.1, -0.05) is 18.2 Å². The number of hydrogen-bond acceptors (Lipinski definition) is 4. The zero-order chi connectivity index (χ0) is 15.4. The molecule has 0 aromatic heterocycles. The van der Waals surface area contributed by atoms with Gasteiger partial charge in [0, 0.05) is 18.7 Å². The number of carboxylic acid groups (broad SMARTS) is 1. The van der Waals surface area contributed by atoms with Crippen molar-refractivity contribution in [1.29, 1.82) is 0 Å². The van der Waals surface area contributed by atoms with Gasteiger partial charge in [0.15, 0.2) is 11.7 Å². The second-order valence-electron chi connectivity index (χ2n) is 4.59. The summed E-state index contributed by atoms with van der Waals surface area (Å²) in [6.07, 6.45) is 0.0613. The van der Waals surface area contributed by atoms with E-state index >= 15 is 0 Å². The van der Waals surface area contributed by atoms with Crippen molar-refractivity contribution in [2.45, 2.75) is 6.42 Å². The average molecular weight is 290 g/mol. The molecule has 0 radical (unpaired) electrons. The van der Waals surface area contributed by atoms with Crippen LogP contribution < -0.4 is 10.2 Å². The van der Waals surface area contributed by atoms with Crippen LogP contribution in [0.25, 0.3) is 0 Å². The predicted molar refractivity (Wildman–Crippen MR) is 72.6 cm³/mol. The minimum atomic E-state index is -1.47. The number of carbonyl (C=O) groups is 4. The van der Waals surface area contributed by atoms with E-state index in [1.807, 2.05) is 0 Å². The lowest BCUT2D eigenvalue weighted by atomic mass is 9.94. The molecular weight excluding hydrogens is 276 g/mol. The van der Waals surface area contributed by atoms with Crippen LogP contribution in [0.5, 0.6) is 0 Å². The maximum absolute atomic E-state index is 12.3. The fourth-order valence-electron chi connectivity index (χ4n) is 2.16. The fraction of sp³-hybridized carbons (Fsp3) is 0.286. The number of amides is 2. The maximum atomic E-state index is 12.3. The molecule has 0 spiro atoms. The number of aliphatic carboxylic acids is 1. The molecule has 2 amide bonds. The highest BCUT2D eigenvalue weighted by atomic mass is 16.4. The number of carboxylic acids is 1. The van der Waals surface area contributed by atoms with E-state index in [1.54, 1.807) is 30.3 Å². The average Bonchev–Trinajstić information content (AvgIpc) is 2.46. The molecule has 110 valence electrons. The third kappa shape index (κ3) is 3.25. The highest BCUT2D eigenvalue weighted by Crippen LogP contribution is 2.22. The van der Waals surface area contributed by atoms with Gasteiger partial charge in [-0.05, 0) is 12.1 Å². The van der Waals surface area contributed by atoms with Crippen molar-refractivity contribution in [3.05, 3.63) is 30.3 Å². The standard InChI is InChI=1S/C14H14N2O5/c17-10-6-7-16(9-4-2-1-3-5-9)14(21)12(10)13(20)15-8-11(18)19/h1-5,12H,6-8H2,(H,15,20)(H,18,19). The van der Waals surface area contributed by atoms with Crippen molar-refractivity contribution < 1.29 is 24.3 Å². The summed E-state index contributed by atoms with van der Waals surface area (Å²) in [5.74, 6) is -4.69. The summed E-state index contributed by atoms with van der Waals surface area (Å²) < 4.78 is 0. The molecule has 1 unspecified atom stereocenters. The first-order valence-electron chi connectivity index (χ1n) is 6.39. The van der Waals surface area contributed by atoms with Crippen LogP contribution in [0.15, 0.2) is 30.3 Å². The van der Waals surface area contributed by atoms with Gasteiger partial charge in [-0.15, -0.1) is 0 Å². The quantitative estimate of drug-likeness (QED) is 0.748. The third-order valence-corrected chi connectivity index (χ3v) is 3.16. The van der Waals surface area contributed by atoms with Crippen molar-refractivity contribution in [2.24, 2.45) is 5.92 Å². The van der Waals surface area contributed by atoms with Gasteiger partial charge in [-0.3, -0.25) is 19.2 Å². The Bertz CT molecular complexity index is 584. The van der Waals surface area contributed by atoms with E-state index in [9.17, 15) is 19.2 Å². The Labute approximate surface area is 120 Å². The first-order valence-corrected chi connectivity index (χ1v) is 6.39. The summed E-state index contributed by atoms with van der Waals surface area (Å²) in [7, 11) is 0. The SMILES string of the molecule is O=C(O)CNC(=O)C1C(=O)CCN(c2ccccc2)C1=O. The van der Waals surface area contributed by atoms with Gasteiger partial charge in [0.2, 0.25) is 11.8 Å². The van der Waals surface area contributed by atoms with Crippen LogP contribution in [0.4, 0.5) is 5.69 Å². The lowest BCUT2D eigenvalue weighted by Crippen LogP contribution is -2.52. The molecular formula is C14H14N2O5. The van der Waals surface area contributed by atoms with E-state index in [2.05, 4.69) is 5.32 Å². The molecule has 1 atom stereocenters. The first kappa shape index (κ1) is 14.7. The van der Waals surface area contributed by atoms with E-state index < -0.39 is 36.0 Å². The van der Waals surface area contributed by atoms with Gasteiger partial charge in [-0.25, -0.2) is 0 Å². The van der Waals surface area contributed by atoms with E-state index in [0.717, 1.165) is 0 Å². The predicted octanol–water partition coefficient (Wildman–Crippen LogP) is -0.191. The molecule has 21 heavy (non-hydrogen) atoms. The number of nitrogens with one attached hydrogen (secondary N) is 1. The molecule has 1 aliphatic rings. The summed E-state index contributed by atoms with van der Waals surface area (Å²) in [5.41, 5.74) is 0.603. The lowest BCUT2D eigenvalue weighted by Gasteiger charge is -2.30. The van der Waals surface area contributed by atoms with Crippen LogP contribution >= 0.6 is 0 Å². The minimum Gasteiger partial charge on any atom is -0.480 e. The molecule has 7 heteroatoms. The monoisotopic (exact) mass is 290 g/mol. The molecule has 0 aliphatic carbocycles. The van der Waals surface area contributed by atoms with Crippen molar-refractivity contribution in [3.8, 4) is 0 Å². The van der Waals surface area contributed by atoms with Crippen molar-refractivity contribution in [1.82, 2.24) is 5.32 Å².